The van der Waals surface area contributed by atoms with Gasteiger partial charge in [-0.25, -0.2) is 9.78 Å². The maximum Gasteiger partial charge on any atom is 0.357 e. The fraction of sp³-hybridized carbons (Fsp3) is 0.294. The number of H-pyrrole nitrogens is 1. The number of nitrogens with one attached hydrogen (secondary N) is 2. The molecule has 0 saturated carbocycles. The number of hydrogen-bond donors (Lipinski definition) is 2. The van der Waals surface area contributed by atoms with Crippen LogP contribution < -0.4 is 10.7 Å². The number of carbonyl (C=O) groups is 2. The summed E-state index contributed by atoms with van der Waals surface area (Å²) < 4.78 is 5.23. The molecule has 126 valence electrons. The Bertz CT molecular complexity index is 834. The maximum absolute atomic E-state index is 12.2. The van der Waals surface area contributed by atoms with Crippen molar-refractivity contribution in [2.24, 2.45) is 0 Å². The molecule has 2 heterocycles. The molecule has 0 aliphatic carbocycles. The molecule has 0 fully saturated rings. The lowest BCUT2D eigenvalue weighted by Crippen LogP contribution is -2.25. The number of carbonyl (C=O) groups excluding carboxylic acids is 2. The molecule has 2 N–H and O–H groups in total. The molecule has 0 aliphatic heterocycles. The Morgan fingerprint density at radius 2 is 1.96 bits per heavy atom. The number of amides is 1. The normalized spacial score (nSPS) is 11.0. The molecule has 0 aromatic carbocycles. The summed E-state index contributed by atoms with van der Waals surface area (Å²) in [4.78, 5) is 42.8. The summed E-state index contributed by atoms with van der Waals surface area (Å²) >= 11 is 0. The van der Waals surface area contributed by atoms with E-state index in [1.165, 1.54) is 30.6 Å². The smallest absolute Gasteiger partial charge is 0.357 e. The number of pyridine rings is 2. The fourth-order valence-corrected chi connectivity index (χ4v) is 1.90. The highest BCUT2D eigenvalue weighted by Gasteiger charge is 2.19. The van der Waals surface area contributed by atoms with Crippen molar-refractivity contribution in [1.29, 1.82) is 0 Å². The third-order valence-electron chi connectivity index (χ3n) is 2.93. The SMILES string of the molecule is Cc1cc(=O)c(C(=O)Nc2ccnc(C(=O)OC(C)(C)C)c2)c[nH]1. The van der Waals surface area contributed by atoms with E-state index in [9.17, 15) is 14.4 Å². The van der Waals surface area contributed by atoms with E-state index in [-0.39, 0.29) is 16.7 Å². The van der Waals surface area contributed by atoms with E-state index in [0.29, 0.717) is 11.4 Å². The Balaban J connectivity index is 2.19. The van der Waals surface area contributed by atoms with E-state index in [0.717, 1.165) is 0 Å². The van der Waals surface area contributed by atoms with Gasteiger partial charge in [-0.15, -0.1) is 0 Å². The van der Waals surface area contributed by atoms with Crippen LogP contribution in [0.1, 0.15) is 47.3 Å². The molecule has 0 bridgehead atoms. The first-order chi connectivity index (χ1) is 11.2. The average molecular weight is 329 g/mol. The van der Waals surface area contributed by atoms with Gasteiger partial charge in [0.1, 0.15) is 16.9 Å². The van der Waals surface area contributed by atoms with E-state index in [1.807, 2.05) is 0 Å². The van der Waals surface area contributed by atoms with Gasteiger partial charge in [0.05, 0.1) is 0 Å². The molecule has 7 heteroatoms. The Morgan fingerprint density at radius 1 is 1.25 bits per heavy atom. The van der Waals surface area contributed by atoms with E-state index in [1.54, 1.807) is 27.7 Å². The van der Waals surface area contributed by atoms with E-state index in [4.69, 9.17) is 4.74 Å². The number of nitrogens with zero attached hydrogens (tertiary/aromatic N) is 1. The number of ether oxygens (including phenoxy) is 1. The van der Waals surface area contributed by atoms with Crippen molar-refractivity contribution in [3.63, 3.8) is 0 Å². The predicted octanol–water partition coefficient (Wildman–Crippen LogP) is 2.29. The van der Waals surface area contributed by atoms with Crippen LogP contribution in [-0.4, -0.2) is 27.4 Å². The summed E-state index contributed by atoms with van der Waals surface area (Å²) in [5.41, 5.74) is 0.0261. The van der Waals surface area contributed by atoms with Crippen molar-refractivity contribution in [3.8, 4) is 0 Å². The lowest BCUT2D eigenvalue weighted by atomic mass is 10.2. The summed E-state index contributed by atoms with van der Waals surface area (Å²) in [5, 5.41) is 2.57. The molecule has 0 saturated heterocycles. The molecular formula is C17H19N3O4. The zero-order valence-electron chi connectivity index (χ0n) is 14.0. The van der Waals surface area contributed by atoms with Crippen LogP contribution in [0, 0.1) is 6.92 Å². The minimum Gasteiger partial charge on any atom is -0.455 e. The number of aromatic nitrogens is 2. The molecule has 0 spiro atoms. The second-order valence-electron chi connectivity index (χ2n) is 6.28. The Labute approximate surface area is 139 Å². The van der Waals surface area contributed by atoms with Crippen molar-refractivity contribution < 1.29 is 14.3 Å². The second-order valence-corrected chi connectivity index (χ2v) is 6.28. The summed E-state index contributed by atoms with van der Waals surface area (Å²) in [7, 11) is 0. The van der Waals surface area contributed by atoms with E-state index >= 15 is 0 Å². The number of rotatable bonds is 3. The number of hydrogen-bond acceptors (Lipinski definition) is 5. The van der Waals surface area contributed by atoms with Crippen LogP contribution in [0.15, 0.2) is 35.4 Å². The molecule has 1 amide bonds. The average Bonchev–Trinajstić information content (AvgIpc) is 2.45. The van der Waals surface area contributed by atoms with Gasteiger partial charge in [-0.05, 0) is 39.8 Å². The van der Waals surface area contributed by atoms with Crippen LogP contribution in [0.4, 0.5) is 5.69 Å². The largest absolute Gasteiger partial charge is 0.455 e. The molecule has 24 heavy (non-hydrogen) atoms. The van der Waals surface area contributed by atoms with Gasteiger partial charge in [0, 0.05) is 29.8 Å². The number of aryl methyl sites for hydroxylation is 1. The van der Waals surface area contributed by atoms with Crippen LogP contribution in [0.25, 0.3) is 0 Å². The van der Waals surface area contributed by atoms with Gasteiger partial charge in [-0.2, -0.15) is 0 Å². The van der Waals surface area contributed by atoms with Gasteiger partial charge >= 0.3 is 5.97 Å². The Kier molecular flexibility index (Phi) is 4.82. The molecular weight excluding hydrogens is 310 g/mol. The van der Waals surface area contributed by atoms with Gasteiger partial charge in [0.15, 0.2) is 5.43 Å². The minimum atomic E-state index is -0.646. The summed E-state index contributed by atoms with van der Waals surface area (Å²) in [6, 6.07) is 4.26. The third kappa shape index (κ3) is 4.52. The second kappa shape index (κ2) is 6.66. The van der Waals surface area contributed by atoms with Gasteiger partial charge in [0.25, 0.3) is 5.91 Å². The molecule has 0 atom stereocenters. The minimum absolute atomic E-state index is 0.0174. The standard InChI is InChI=1S/C17H19N3O4/c1-10-7-14(21)12(9-19-10)15(22)20-11-5-6-18-13(8-11)16(23)24-17(2,3)4/h5-9H,1-4H3,(H,19,21)(H,18,20,22). The van der Waals surface area contributed by atoms with Crippen LogP contribution in [0.5, 0.6) is 0 Å². The summed E-state index contributed by atoms with van der Waals surface area (Å²) in [6.07, 6.45) is 2.73. The lowest BCUT2D eigenvalue weighted by molar-refractivity contribution is 0.00627. The van der Waals surface area contributed by atoms with Crippen molar-refractivity contribution in [3.05, 3.63) is 57.8 Å². The van der Waals surface area contributed by atoms with E-state index < -0.39 is 17.5 Å². The highest BCUT2D eigenvalue weighted by atomic mass is 16.6. The Morgan fingerprint density at radius 3 is 2.58 bits per heavy atom. The van der Waals surface area contributed by atoms with Crippen molar-refractivity contribution >= 4 is 17.6 Å². The molecule has 0 unspecified atom stereocenters. The van der Waals surface area contributed by atoms with Crippen LogP contribution in [-0.2, 0) is 4.74 Å². The number of aromatic amines is 1. The number of anilines is 1. The Hall–Kier alpha value is -2.96. The topological polar surface area (TPSA) is 101 Å². The first-order valence-corrected chi connectivity index (χ1v) is 7.36. The first-order valence-electron chi connectivity index (χ1n) is 7.36. The van der Waals surface area contributed by atoms with E-state index in [2.05, 4.69) is 15.3 Å². The monoisotopic (exact) mass is 329 g/mol. The summed E-state index contributed by atoms with van der Waals surface area (Å²) in [5.74, 6) is -1.16. The molecule has 2 rings (SSSR count). The maximum atomic E-state index is 12.2. The summed E-state index contributed by atoms with van der Waals surface area (Å²) in [6.45, 7) is 6.97. The quantitative estimate of drug-likeness (QED) is 0.841. The van der Waals surface area contributed by atoms with Gasteiger partial charge in [0.2, 0.25) is 0 Å². The van der Waals surface area contributed by atoms with Crippen LogP contribution in [0.3, 0.4) is 0 Å². The first kappa shape index (κ1) is 17.4. The lowest BCUT2D eigenvalue weighted by Gasteiger charge is -2.19. The van der Waals surface area contributed by atoms with Crippen molar-refractivity contribution in [2.45, 2.75) is 33.3 Å². The number of esters is 1. The fourth-order valence-electron chi connectivity index (χ4n) is 1.90. The highest BCUT2D eigenvalue weighted by molar-refractivity contribution is 6.04. The molecule has 2 aromatic heterocycles. The zero-order chi connectivity index (χ0) is 17.9. The molecule has 2 aromatic rings. The van der Waals surface area contributed by atoms with Gasteiger partial charge in [-0.1, -0.05) is 0 Å². The predicted molar refractivity (Wildman–Crippen MR) is 89.2 cm³/mol. The van der Waals surface area contributed by atoms with Crippen molar-refractivity contribution in [1.82, 2.24) is 9.97 Å². The van der Waals surface area contributed by atoms with Crippen LogP contribution >= 0.6 is 0 Å². The van der Waals surface area contributed by atoms with Crippen LogP contribution in [0.2, 0.25) is 0 Å². The highest BCUT2D eigenvalue weighted by Crippen LogP contribution is 2.14. The third-order valence-corrected chi connectivity index (χ3v) is 2.93. The van der Waals surface area contributed by atoms with Crippen molar-refractivity contribution in [2.75, 3.05) is 5.32 Å². The molecule has 7 nitrogen and oxygen atoms in total. The van der Waals surface area contributed by atoms with Gasteiger partial charge in [-0.3, -0.25) is 9.59 Å². The molecule has 0 aliphatic rings. The zero-order valence-corrected chi connectivity index (χ0v) is 14.0. The van der Waals surface area contributed by atoms with Gasteiger partial charge < -0.3 is 15.0 Å². The molecule has 0 radical (unpaired) electrons.